The molecule has 1 heterocycles. The highest BCUT2D eigenvalue weighted by Crippen LogP contribution is 2.31. The Bertz CT molecular complexity index is 928. The highest BCUT2D eigenvalue weighted by atomic mass is 35.5. The molecule has 0 saturated heterocycles. The van der Waals surface area contributed by atoms with Gasteiger partial charge in [0.15, 0.2) is 0 Å². The number of carbonyl (C=O) groups is 1. The van der Waals surface area contributed by atoms with Gasteiger partial charge in [0.2, 0.25) is 15.9 Å². The third kappa shape index (κ3) is 3.42. The van der Waals surface area contributed by atoms with Crippen molar-refractivity contribution in [2.75, 3.05) is 18.5 Å². The molecule has 3 rings (SSSR count). The Hall–Kier alpha value is -1.89. The summed E-state index contributed by atoms with van der Waals surface area (Å²) < 4.78 is 27.0. The van der Waals surface area contributed by atoms with E-state index in [0.717, 1.165) is 16.8 Å². The van der Waals surface area contributed by atoms with E-state index in [2.05, 4.69) is 0 Å². The molecule has 2 aromatic carbocycles. The van der Waals surface area contributed by atoms with Crippen molar-refractivity contribution in [1.82, 2.24) is 4.31 Å². The molecule has 25 heavy (non-hydrogen) atoms. The second-order valence-electron chi connectivity index (χ2n) is 6.06. The van der Waals surface area contributed by atoms with E-state index in [1.54, 1.807) is 29.2 Å². The molecule has 0 bridgehead atoms. The Balaban J connectivity index is 1.88. The summed E-state index contributed by atoms with van der Waals surface area (Å²) in [5, 5.41) is 0.538. The highest BCUT2D eigenvalue weighted by Gasteiger charge is 2.27. The normalized spacial score (nSPS) is 14.0. The zero-order chi connectivity index (χ0) is 18.2. The van der Waals surface area contributed by atoms with Crippen molar-refractivity contribution in [3.63, 3.8) is 0 Å². The Labute approximate surface area is 152 Å². The average Bonchev–Trinajstić information content (AvgIpc) is 3.00. The first kappa shape index (κ1) is 17.9. The van der Waals surface area contributed by atoms with E-state index < -0.39 is 10.0 Å². The predicted molar refractivity (Wildman–Crippen MR) is 98.3 cm³/mol. The lowest BCUT2D eigenvalue weighted by Crippen LogP contribution is -2.27. The van der Waals surface area contributed by atoms with E-state index in [0.29, 0.717) is 18.0 Å². The van der Waals surface area contributed by atoms with E-state index in [4.69, 9.17) is 11.6 Å². The average molecular weight is 379 g/mol. The maximum absolute atomic E-state index is 12.9. The number of amides is 1. The van der Waals surface area contributed by atoms with Crippen LogP contribution >= 0.6 is 11.6 Å². The smallest absolute Gasteiger partial charge is 0.243 e. The lowest BCUT2D eigenvalue weighted by atomic mass is 10.2. The topological polar surface area (TPSA) is 57.7 Å². The number of carbonyl (C=O) groups excluding carboxylic acids is 1. The molecule has 132 valence electrons. The summed E-state index contributed by atoms with van der Waals surface area (Å²) in [6.45, 7) is 2.29. The van der Waals surface area contributed by atoms with Crippen LogP contribution in [-0.2, 0) is 27.8 Å². The molecule has 0 aliphatic carbocycles. The van der Waals surface area contributed by atoms with Crippen molar-refractivity contribution < 1.29 is 13.2 Å². The Morgan fingerprint density at radius 3 is 2.64 bits per heavy atom. The van der Waals surface area contributed by atoms with Crippen molar-refractivity contribution in [1.29, 1.82) is 0 Å². The first-order valence-corrected chi connectivity index (χ1v) is 9.73. The van der Waals surface area contributed by atoms with Gasteiger partial charge in [-0.25, -0.2) is 8.42 Å². The number of hydrogen-bond acceptors (Lipinski definition) is 3. The molecule has 1 amide bonds. The number of nitrogens with zero attached hydrogens (tertiary/aromatic N) is 2. The molecule has 0 saturated carbocycles. The van der Waals surface area contributed by atoms with Crippen LogP contribution in [-0.4, -0.2) is 32.2 Å². The molecular formula is C18H19ClN2O3S. The first-order valence-electron chi connectivity index (χ1n) is 7.91. The van der Waals surface area contributed by atoms with E-state index in [9.17, 15) is 13.2 Å². The fourth-order valence-electron chi connectivity index (χ4n) is 3.00. The van der Waals surface area contributed by atoms with Crippen LogP contribution in [0.15, 0.2) is 47.4 Å². The van der Waals surface area contributed by atoms with E-state index in [1.807, 2.05) is 18.2 Å². The van der Waals surface area contributed by atoms with Crippen LogP contribution in [0.5, 0.6) is 0 Å². The van der Waals surface area contributed by atoms with Crippen molar-refractivity contribution in [2.45, 2.75) is 24.8 Å². The number of fused-ring (bicyclic) bond motifs is 1. The minimum Gasteiger partial charge on any atom is -0.312 e. The quantitative estimate of drug-likeness (QED) is 0.821. The third-order valence-corrected chi connectivity index (χ3v) is 6.55. The lowest BCUT2D eigenvalue weighted by molar-refractivity contribution is -0.116. The number of anilines is 1. The SMILES string of the molecule is CC(=O)N1CCc2cc(S(=O)(=O)N(C)Cc3ccccc3Cl)ccc21. The van der Waals surface area contributed by atoms with Crippen LogP contribution < -0.4 is 4.90 Å². The Morgan fingerprint density at radius 2 is 1.96 bits per heavy atom. The van der Waals surface area contributed by atoms with Gasteiger partial charge < -0.3 is 4.90 Å². The zero-order valence-corrected chi connectivity index (χ0v) is 15.6. The van der Waals surface area contributed by atoms with Gasteiger partial charge in [-0.2, -0.15) is 4.31 Å². The van der Waals surface area contributed by atoms with Crippen LogP contribution in [0, 0.1) is 0 Å². The molecule has 1 aliphatic rings. The molecular weight excluding hydrogens is 360 g/mol. The number of rotatable bonds is 4. The lowest BCUT2D eigenvalue weighted by Gasteiger charge is -2.19. The molecule has 0 N–H and O–H groups in total. The second-order valence-corrected chi connectivity index (χ2v) is 8.52. The summed E-state index contributed by atoms with van der Waals surface area (Å²) in [5.41, 5.74) is 2.42. The Kier molecular flexibility index (Phi) is 4.86. The summed E-state index contributed by atoms with van der Waals surface area (Å²) >= 11 is 6.13. The van der Waals surface area contributed by atoms with Gasteiger partial charge in [-0.1, -0.05) is 29.8 Å². The largest absolute Gasteiger partial charge is 0.312 e. The van der Waals surface area contributed by atoms with Gasteiger partial charge in [-0.3, -0.25) is 4.79 Å². The molecule has 1 aliphatic heterocycles. The Morgan fingerprint density at radius 1 is 1.24 bits per heavy atom. The summed E-state index contributed by atoms with van der Waals surface area (Å²) in [7, 11) is -2.11. The van der Waals surface area contributed by atoms with Crippen LogP contribution in [0.3, 0.4) is 0 Å². The summed E-state index contributed by atoms with van der Waals surface area (Å²) in [4.78, 5) is 13.5. The predicted octanol–water partition coefficient (Wildman–Crippen LogP) is 3.07. The summed E-state index contributed by atoms with van der Waals surface area (Å²) in [5.74, 6) is -0.0369. The molecule has 0 spiro atoms. The van der Waals surface area contributed by atoms with Crippen LogP contribution in [0.1, 0.15) is 18.1 Å². The minimum absolute atomic E-state index is 0.0369. The van der Waals surface area contributed by atoms with E-state index >= 15 is 0 Å². The molecule has 7 heteroatoms. The zero-order valence-electron chi connectivity index (χ0n) is 14.1. The molecule has 2 aromatic rings. The van der Waals surface area contributed by atoms with Crippen molar-refractivity contribution in [3.8, 4) is 0 Å². The van der Waals surface area contributed by atoms with Gasteiger partial charge in [0.25, 0.3) is 0 Å². The molecule has 0 aromatic heterocycles. The number of sulfonamides is 1. The van der Waals surface area contributed by atoms with Gasteiger partial charge in [-0.15, -0.1) is 0 Å². The van der Waals surface area contributed by atoms with Crippen molar-refractivity contribution in [3.05, 3.63) is 58.6 Å². The standard InChI is InChI=1S/C18H19ClN2O3S/c1-13(22)21-10-9-14-11-16(7-8-18(14)21)25(23,24)20(2)12-15-5-3-4-6-17(15)19/h3-8,11H,9-10,12H2,1-2H3. The van der Waals surface area contributed by atoms with Crippen molar-refractivity contribution in [2.24, 2.45) is 0 Å². The molecule has 0 fully saturated rings. The van der Waals surface area contributed by atoms with Gasteiger partial charge in [0.05, 0.1) is 4.90 Å². The summed E-state index contributed by atoms with van der Waals surface area (Å²) in [6.07, 6.45) is 0.659. The number of halogens is 1. The second kappa shape index (κ2) is 6.78. The van der Waals surface area contributed by atoms with Crippen molar-refractivity contribution >= 4 is 33.2 Å². The number of hydrogen-bond donors (Lipinski definition) is 0. The first-order chi connectivity index (χ1) is 11.8. The highest BCUT2D eigenvalue weighted by molar-refractivity contribution is 7.89. The van der Waals surface area contributed by atoms with Crippen LogP contribution in [0.2, 0.25) is 5.02 Å². The number of benzene rings is 2. The fourth-order valence-corrected chi connectivity index (χ4v) is 4.39. The van der Waals surface area contributed by atoms with Gasteiger partial charge >= 0.3 is 0 Å². The fraction of sp³-hybridized carbons (Fsp3) is 0.278. The minimum atomic E-state index is -3.64. The van der Waals surface area contributed by atoms with Gasteiger partial charge in [0, 0.05) is 37.8 Å². The van der Waals surface area contributed by atoms with Crippen LogP contribution in [0.25, 0.3) is 0 Å². The molecule has 5 nitrogen and oxygen atoms in total. The van der Waals surface area contributed by atoms with Gasteiger partial charge in [-0.05, 0) is 41.8 Å². The monoisotopic (exact) mass is 378 g/mol. The maximum Gasteiger partial charge on any atom is 0.243 e. The summed E-state index contributed by atoms with van der Waals surface area (Å²) in [6, 6.07) is 12.1. The van der Waals surface area contributed by atoms with E-state index in [-0.39, 0.29) is 17.3 Å². The molecule has 0 atom stereocenters. The van der Waals surface area contributed by atoms with Crippen LogP contribution in [0.4, 0.5) is 5.69 Å². The molecule has 0 unspecified atom stereocenters. The maximum atomic E-state index is 12.9. The van der Waals surface area contributed by atoms with Gasteiger partial charge in [0.1, 0.15) is 0 Å². The van der Waals surface area contributed by atoms with E-state index in [1.165, 1.54) is 18.3 Å². The molecule has 0 radical (unpaired) electrons. The third-order valence-electron chi connectivity index (χ3n) is 4.39.